The van der Waals surface area contributed by atoms with Crippen LogP contribution < -0.4 is 9.62 Å². The molecule has 0 aliphatic heterocycles. The van der Waals surface area contributed by atoms with Crippen molar-refractivity contribution in [2.45, 2.75) is 32.6 Å². The highest BCUT2D eigenvalue weighted by Crippen LogP contribution is 2.30. The van der Waals surface area contributed by atoms with Crippen LogP contribution in [0.3, 0.4) is 0 Å². The zero-order valence-corrected chi connectivity index (χ0v) is 19.6. The van der Waals surface area contributed by atoms with Crippen molar-refractivity contribution in [3.05, 3.63) is 66.9 Å². The standard InChI is InChI=1S/C26H32N4O4S/c1-20(2)30(16-10-11-17-34-19-24(31)29-35(3,32)33)23-18-27-25(21-12-6-4-7-13-21)26(28-23)22-14-8-5-9-15-22/h4-9,12-15,18,20H,10-11,16-17,19H2,1-3H3,(H,29,31)/i3D3,10D2,11D2,16D2,17D2,19D2. The van der Waals surface area contributed by atoms with Crippen molar-refractivity contribution >= 4 is 21.7 Å². The van der Waals surface area contributed by atoms with Crippen LogP contribution in [0.4, 0.5) is 5.82 Å². The lowest BCUT2D eigenvalue weighted by molar-refractivity contribution is -0.123. The van der Waals surface area contributed by atoms with E-state index in [0.29, 0.717) is 16.8 Å². The highest BCUT2D eigenvalue weighted by molar-refractivity contribution is 7.89. The molecule has 2 aromatic carbocycles. The van der Waals surface area contributed by atoms with Gasteiger partial charge in [-0.2, -0.15) is 0 Å². The van der Waals surface area contributed by atoms with Crippen molar-refractivity contribution in [2.75, 3.05) is 30.7 Å². The van der Waals surface area contributed by atoms with Gasteiger partial charge in [-0.15, -0.1) is 0 Å². The van der Waals surface area contributed by atoms with Crippen LogP contribution in [0, 0.1) is 0 Å². The first-order valence-electron chi connectivity index (χ1n) is 16.8. The van der Waals surface area contributed by atoms with E-state index in [-0.39, 0.29) is 11.5 Å². The number of carbonyl (C=O) groups excluding carboxylic acids is 1. The summed E-state index contributed by atoms with van der Waals surface area (Å²) in [4.78, 5) is 22.1. The van der Waals surface area contributed by atoms with Gasteiger partial charge in [0.1, 0.15) is 12.4 Å². The molecule has 0 atom stereocenters. The molecule has 1 amide bonds. The Morgan fingerprint density at radius 3 is 2.29 bits per heavy atom. The largest absolute Gasteiger partial charge is 0.372 e. The third kappa shape index (κ3) is 8.15. The molecule has 0 unspecified atom stereocenters. The van der Waals surface area contributed by atoms with Gasteiger partial charge in [0.05, 0.1) is 29.3 Å². The van der Waals surface area contributed by atoms with E-state index in [1.54, 1.807) is 60.7 Å². The van der Waals surface area contributed by atoms with E-state index in [1.165, 1.54) is 13.8 Å². The van der Waals surface area contributed by atoms with Crippen LogP contribution in [0.5, 0.6) is 0 Å². The molecule has 0 aliphatic carbocycles. The van der Waals surface area contributed by atoms with Gasteiger partial charge in [-0.3, -0.25) is 14.5 Å². The van der Waals surface area contributed by atoms with Gasteiger partial charge in [0, 0.05) is 42.6 Å². The Hall–Kier alpha value is -3.30. The smallest absolute Gasteiger partial charge is 0.259 e. The third-order valence-electron chi connectivity index (χ3n) is 4.33. The Morgan fingerprint density at radius 1 is 1.06 bits per heavy atom. The summed E-state index contributed by atoms with van der Waals surface area (Å²) in [7, 11) is -5.51. The number of ether oxygens (including phenoxy) is 1. The van der Waals surface area contributed by atoms with E-state index in [0.717, 1.165) is 15.8 Å². The Bertz CT molecular complexity index is 1720. The Morgan fingerprint density at radius 2 is 1.69 bits per heavy atom. The second-order valence-electron chi connectivity index (χ2n) is 7.22. The lowest BCUT2D eigenvalue weighted by atomic mass is 10.0. The summed E-state index contributed by atoms with van der Waals surface area (Å²) < 4.78 is 133. The van der Waals surface area contributed by atoms with Crippen molar-refractivity contribution in [1.82, 2.24) is 14.7 Å². The molecule has 0 saturated carbocycles. The van der Waals surface area contributed by atoms with E-state index in [4.69, 9.17) is 17.8 Å². The fourth-order valence-corrected chi connectivity index (χ4v) is 3.19. The summed E-state index contributed by atoms with van der Waals surface area (Å²) in [6, 6.07) is 16.5. The Kier molecular flexibility index (Phi) is 4.86. The summed E-state index contributed by atoms with van der Waals surface area (Å²) in [5.41, 5.74) is 1.85. The lowest BCUT2D eigenvalue weighted by Crippen LogP contribution is -2.33. The molecule has 0 bridgehead atoms. The molecule has 0 radical (unpaired) electrons. The van der Waals surface area contributed by atoms with Crippen molar-refractivity contribution in [2.24, 2.45) is 0 Å². The number of hydrogen-bond donors (Lipinski definition) is 1. The van der Waals surface area contributed by atoms with Gasteiger partial charge in [0.2, 0.25) is 10.0 Å². The number of sulfonamides is 1. The number of benzene rings is 2. The molecule has 0 spiro atoms. The van der Waals surface area contributed by atoms with Crippen LogP contribution in [0.2, 0.25) is 0 Å². The quantitative estimate of drug-likeness (QED) is 0.395. The van der Waals surface area contributed by atoms with E-state index in [2.05, 4.69) is 14.7 Å². The van der Waals surface area contributed by atoms with Crippen molar-refractivity contribution in [3.63, 3.8) is 0 Å². The summed E-state index contributed by atoms with van der Waals surface area (Å²) >= 11 is 0. The predicted molar refractivity (Wildman–Crippen MR) is 138 cm³/mol. The van der Waals surface area contributed by atoms with Gasteiger partial charge in [0.15, 0.2) is 0 Å². The van der Waals surface area contributed by atoms with Gasteiger partial charge in [0.25, 0.3) is 5.91 Å². The van der Waals surface area contributed by atoms with E-state index >= 15 is 0 Å². The van der Waals surface area contributed by atoms with Gasteiger partial charge >= 0.3 is 0 Å². The molecule has 3 rings (SSSR count). The highest BCUT2D eigenvalue weighted by Gasteiger charge is 2.17. The SMILES string of the molecule is [2H]C([2H])(OC([2H])([2H])C([2H])([2H])C([2H])([2H])C([2H])([2H])N(c1cnc(-c2ccccc2)c(-c2ccccc2)n1)C(C)C)C(=O)NS(=O)(=O)C([2H])([2H])[2H]. The van der Waals surface area contributed by atoms with Crippen LogP contribution >= 0.6 is 0 Å². The molecule has 0 saturated heterocycles. The molecule has 1 aromatic heterocycles. The Balaban J connectivity index is 2.09. The average molecular weight is 510 g/mol. The fourth-order valence-electron chi connectivity index (χ4n) is 2.91. The molecule has 8 nitrogen and oxygen atoms in total. The van der Waals surface area contributed by atoms with Crippen LogP contribution in [-0.4, -0.2) is 56.1 Å². The number of amides is 1. The number of hydrogen-bond acceptors (Lipinski definition) is 7. The Labute approximate surface area is 225 Å². The molecule has 0 fully saturated rings. The van der Waals surface area contributed by atoms with Gasteiger partial charge < -0.3 is 9.64 Å². The normalized spacial score (nSPS) is 19.3. The third-order valence-corrected chi connectivity index (χ3v) is 4.78. The maximum absolute atomic E-state index is 12.3. The first-order chi connectivity index (χ1) is 21.7. The van der Waals surface area contributed by atoms with E-state index in [1.807, 2.05) is 0 Å². The van der Waals surface area contributed by atoms with Crippen LogP contribution in [0.1, 0.15) is 44.4 Å². The van der Waals surface area contributed by atoms with Crippen molar-refractivity contribution in [3.8, 4) is 22.5 Å². The zero-order valence-electron chi connectivity index (χ0n) is 31.8. The molecule has 9 heteroatoms. The zero-order chi connectivity index (χ0) is 36.7. The summed E-state index contributed by atoms with van der Waals surface area (Å²) in [6.07, 6.45) is -10.8. The molecule has 35 heavy (non-hydrogen) atoms. The number of nitrogens with zero attached hydrogens (tertiary/aromatic N) is 3. The number of rotatable bonds is 12. The van der Waals surface area contributed by atoms with Crippen LogP contribution in [0.25, 0.3) is 22.5 Å². The summed E-state index contributed by atoms with van der Waals surface area (Å²) in [5.74, 6) is -2.63. The molecule has 186 valence electrons. The molecule has 1 heterocycles. The molecular formula is C26H32N4O4S. The van der Waals surface area contributed by atoms with Crippen LogP contribution in [-0.2, 0) is 19.6 Å². The highest BCUT2D eigenvalue weighted by atomic mass is 32.2. The average Bonchev–Trinajstić information content (AvgIpc) is 2.96. The van der Waals surface area contributed by atoms with Gasteiger partial charge in [-0.1, -0.05) is 60.7 Å². The predicted octanol–water partition coefficient (Wildman–Crippen LogP) is 3.90. The molecule has 3 aromatic rings. The maximum atomic E-state index is 12.3. The van der Waals surface area contributed by atoms with Crippen molar-refractivity contribution < 1.29 is 35.8 Å². The summed E-state index contributed by atoms with van der Waals surface area (Å²) in [6.45, 7) is -8.96. The second kappa shape index (κ2) is 12.4. The minimum Gasteiger partial charge on any atom is -0.372 e. The number of carbonyl (C=O) groups is 1. The van der Waals surface area contributed by atoms with Gasteiger partial charge in [-0.25, -0.2) is 13.4 Å². The fraction of sp³-hybridized carbons (Fsp3) is 0.346. The first kappa shape index (κ1) is 13.7. The minimum atomic E-state index is -5.51. The topological polar surface area (TPSA) is 101 Å². The monoisotopic (exact) mass is 509 g/mol. The maximum Gasteiger partial charge on any atom is 0.259 e. The van der Waals surface area contributed by atoms with E-state index in [9.17, 15) is 13.2 Å². The minimum absolute atomic E-state index is 0.259. The first-order valence-corrected chi connectivity index (χ1v) is 11.7. The molecule has 1 N–H and O–H groups in total. The van der Waals surface area contributed by atoms with Gasteiger partial charge in [-0.05, 0) is 26.6 Å². The number of aromatic nitrogens is 2. The summed E-state index contributed by atoms with van der Waals surface area (Å²) in [5, 5.41) is 0. The van der Waals surface area contributed by atoms with Crippen LogP contribution in [0.15, 0.2) is 66.9 Å². The van der Waals surface area contributed by atoms with Crippen molar-refractivity contribution in [1.29, 1.82) is 0 Å². The van der Waals surface area contributed by atoms with E-state index < -0.39 is 60.5 Å². The molecular weight excluding hydrogens is 464 g/mol. The molecule has 0 aliphatic rings. The number of anilines is 1. The number of nitrogens with one attached hydrogen (secondary N) is 1. The lowest BCUT2D eigenvalue weighted by Gasteiger charge is -2.28. The second-order valence-corrected chi connectivity index (χ2v) is 8.43.